The number of benzene rings is 2. The number of carbonyl (C=O) groups excluding carboxylic acids is 2. The fourth-order valence-electron chi connectivity index (χ4n) is 2.99. The lowest BCUT2D eigenvalue weighted by Gasteiger charge is -2.10. The van der Waals surface area contributed by atoms with Crippen LogP contribution in [0.2, 0.25) is 0 Å². The van der Waals surface area contributed by atoms with E-state index in [4.69, 9.17) is 14.2 Å². The summed E-state index contributed by atoms with van der Waals surface area (Å²) in [6, 6.07) is 12.8. The van der Waals surface area contributed by atoms with E-state index in [-0.39, 0.29) is 12.5 Å². The predicted octanol–water partition coefficient (Wildman–Crippen LogP) is 4.25. The van der Waals surface area contributed by atoms with Crippen molar-refractivity contribution in [2.75, 3.05) is 20.3 Å². The van der Waals surface area contributed by atoms with Crippen molar-refractivity contribution in [3.05, 3.63) is 64.7 Å². The van der Waals surface area contributed by atoms with Crippen LogP contribution >= 0.6 is 11.3 Å². The number of nitrogens with zero attached hydrogens (tertiary/aromatic N) is 1. The van der Waals surface area contributed by atoms with Gasteiger partial charge in [0.25, 0.3) is 0 Å². The van der Waals surface area contributed by atoms with Crippen molar-refractivity contribution in [1.82, 2.24) is 10.3 Å². The molecule has 0 unspecified atom stereocenters. The molecular weight excluding hydrogens is 428 g/mol. The van der Waals surface area contributed by atoms with Crippen LogP contribution in [0.25, 0.3) is 10.6 Å². The maximum Gasteiger partial charge on any atom is 0.338 e. The number of ether oxygens (including phenoxy) is 3. The topological polar surface area (TPSA) is 86.8 Å². The number of thiazole rings is 1. The zero-order chi connectivity index (χ0) is 22.9. The molecule has 7 nitrogen and oxygen atoms in total. The van der Waals surface area contributed by atoms with Crippen LogP contribution in [0, 0.1) is 0 Å². The van der Waals surface area contributed by atoms with Crippen molar-refractivity contribution in [3.63, 3.8) is 0 Å². The summed E-state index contributed by atoms with van der Waals surface area (Å²) in [5.41, 5.74) is 3.09. The summed E-state index contributed by atoms with van der Waals surface area (Å²) in [6.45, 7) is 4.62. The van der Waals surface area contributed by atoms with Crippen molar-refractivity contribution in [3.8, 4) is 22.1 Å². The van der Waals surface area contributed by atoms with Gasteiger partial charge in [-0.3, -0.25) is 4.79 Å². The van der Waals surface area contributed by atoms with E-state index in [1.54, 1.807) is 19.2 Å². The van der Waals surface area contributed by atoms with E-state index < -0.39 is 5.97 Å². The monoisotopic (exact) mass is 454 g/mol. The smallest absolute Gasteiger partial charge is 0.338 e. The molecule has 0 spiro atoms. The highest BCUT2D eigenvalue weighted by atomic mass is 32.1. The Labute approximate surface area is 191 Å². The lowest BCUT2D eigenvalue weighted by Crippen LogP contribution is -2.22. The first kappa shape index (κ1) is 23.3. The minimum absolute atomic E-state index is 0.0583. The Kier molecular flexibility index (Phi) is 8.21. The summed E-state index contributed by atoms with van der Waals surface area (Å²) in [5, 5.41) is 5.43. The summed E-state index contributed by atoms with van der Waals surface area (Å²) >= 11 is 1.47. The summed E-state index contributed by atoms with van der Waals surface area (Å²) in [6.07, 6.45) is 0.701. The lowest BCUT2D eigenvalue weighted by molar-refractivity contribution is -0.118. The van der Waals surface area contributed by atoms with Crippen LogP contribution in [0.15, 0.2) is 47.8 Å². The predicted molar refractivity (Wildman–Crippen MR) is 123 cm³/mol. The van der Waals surface area contributed by atoms with Crippen molar-refractivity contribution in [1.29, 1.82) is 0 Å². The number of carbonyl (C=O) groups is 2. The maximum absolute atomic E-state index is 12.4. The SMILES string of the molecule is CCOc1ccc(-c2nc(COC(=O)c3ccc(CCNC(C)=O)cc3)cs2)cc1OC. The molecule has 0 saturated carbocycles. The van der Waals surface area contributed by atoms with E-state index in [1.807, 2.05) is 42.6 Å². The van der Waals surface area contributed by atoms with Gasteiger partial charge in [0.2, 0.25) is 5.91 Å². The Balaban J connectivity index is 1.57. The van der Waals surface area contributed by atoms with Crippen LogP contribution in [-0.2, 0) is 22.6 Å². The van der Waals surface area contributed by atoms with Gasteiger partial charge in [-0.05, 0) is 49.2 Å². The number of esters is 1. The molecule has 0 aliphatic rings. The van der Waals surface area contributed by atoms with E-state index in [0.717, 1.165) is 16.1 Å². The normalized spacial score (nSPS) is 10.5. The number of methoxy groups -OCH3 is 1. The Hall–Kier alpha value is -3.39. The second-order valence-corrected chi connectivity index (χ2v) is 7.81. The number of nitrogens with one attached hydrogen (secondary N) is 1. The number of amides is 1. The number of hydrogen-bond donors (Lipinski definition) is 1. The summed E-state index contributed by atoms with van der Waals surface area (Å²) < 4.78 is 16.4. The minimum Gasteiger partial charge on any atom is -0.493 e. The lowest BCUT2D eigenvalue weighted by atomic mass is 10.1. The molecule has 0 aliphatic heterocycles. The fourth-order valence-corrected chi connectivity index (χ4v) is 3.80. The molecule has 0 fully saturated rings. The molecule has 0 saturated heterocycles. The Morgan fingerprint density at radius 1 is 1.09 bits per heavy atom. The number of rotatable bonds is 10. The van der Waals surface area contributed by atoms with Crippen LogP contribution in [-0.4, -0.2) is 37.1 Å². The highest BCUT2D eigenvalue weighted by Crippen LogP contribution is 2.33. The van der Waals surface area contributed by atoms with Crippen molar-refractivity contribution in [2.45, 2.75) is 26.9 Å². The van der Waals surface area contributed by atoms with E-state index >= 15 is 0 Å². The van der Waals surface area contributed by atoms with Crippen LogP contribution in [0.3, 0.4) is 0 Å². The first-order valence-electron chi connectivity index (χ1n) is 10.3. The van der Waals surface area contributed by atoms with Gasteiger partial charge >= 0.3 is 5.97 Å². The molecule has 1 heterocycles. The number of aromatic nitrogens is 1. The van der Waals surface area contributed by atoms with E-state index in [0.29, 0.717) is 42.3 Å². The van der Waals surface area contributed by atoms with Gasteiger partial charge in [0, 0.05) is 24.4 Å². The molecule has 0 bridgehead atoms. The Morgan fingerprint density at radius 3 is 2.56 bits per heavy atom. The highest BCUT2D eigenvalue weighted by Gasteiger charge is 2.12. The zero-order valence-electron chi connectivity index (χ0n) is 18.3. The van der Waals surface area contributed by atoms with E-state index in [1.165, 1.54) is 18.3 Å². The molecule has 168 valence electrons. The van der Waals surface area contributed by atoms with Gasteiger partial charge in [-0.15, -0.1) is 11.3 Å². The molecular formula is C24H26N2O5S. The third-order valence-corrected chi connectivity index (χ3v) is 5.53. The number of hydrogen-bond acceptors (Lipinski definition) is 7. The van der Waals surface area contributed by atoms with E-state index in [9.17, 15) is 9.59 Å². The van der Waals surface area contributed by atoms with Gasteiger partial charge in [0.05, 0.1) is 25.0 Å². The van der Waals surface area contributed by atoms with Crippen molar-refractivity contribution >= 4 is 23.2 Å². The Morgan fingerprint density at radius 2 is 1.88 bits per heavy atom. The molecule has 1 amide bonds. The average Bonchev–Trinajstić information content (AvgIpc) is 3.27. The molecule has 0 aliphatic carbocycles. The first-order valence-corrected chi connectivity index (χ1v) is 11.1. The summed E-state index contributed by atoms with van der Waals surface area (Å²) in [7, 11) is 1.60. The molecule has 3 aromatic rings. The van der Waals surface area contributed by atoms with Gasteiger partial charge in [-0.2, -0.15) is 0 Å². The van der Waals surface area contributed by atoms with Gasteiger partial charge in [0.15, 0.2) is 11.5 Å². The van der Waals surface area contributed by atoms with Crippen molar-refractivity contribution < 1.29 is 23.8 Å². The third-order valence-electron chi connectivity index (χ3n) is 4.59. The minimum atomic E-state index is -0.407. The molecule has 32 heavy (non-hydrogen) atoms. The van der Waals surface area contributed by atoms with Gasteiger partial charge < -0.3 is 19.5 Å². The summed E-state index contributed by atoms with van der Waals surface area (Å²) in [4.78, 5) is 27.9. The van der Waals surface area contributed by atoms with Crippen LogP contribution in [0.5, 0.6) is 11.5 Å². The molecule has 3 rings (SSSR count). The van der Waals surface area contributed by atoms with Crippen molar-refractivity contribution in [2.24, 2.45) is 0 Å². The highest BCUT2D eigenvalue weighted by molar-refractivity contribution is 7.13. The molecule has 1 aromatic heterocycles. The molecule has 0 atom stereocenters. The fraction of sp³-hybridized carbons (Fsp3) is 0.292. The largest absolute Gasteiger partial charge is 0.493 e. The molecule has 2 aromatic carbocycles. The van der Waals surface area contributed by atoms with Crippen LogP contribution in [0.4, 0.5) is 0 Å². The third kappa shape index (κ3) is 6.31. The average molecular weight is 455 g/mol. The van der Waals surface area contributed by atoms with Crippen LogP contribution < -0.4 is 14.8 Å². The van der Waals surface area contributed by atoms with Gasteiger partial charge in [0.1, 0.15) is 11.6 Å². The summed E-state index contributed by atoms with van der Waals surface area (Å²) in [5.74, 6) is 0.867. The van der Waals surface area contributed by atoms with E-state index in [2.05, 4.69) is 10.3 Å². The first-order chi connectivity index (χ1) is 15.5. The molecule has 8 heteroatoms. The molecule has 0 radical (unpaired) electrons. The van der Waals surface area contributed by atoms with Crippen LogP contribution in [0.1, 0.15) is 35.5 Å². The van der Waals surface area contributed by atoms with Gasteiger partial charge in [-0.25, -0.2) is 9.78 Å². The second-order valence-electron chi connectivity index (χ2n) is 6.95. The second kappa shape index (κ2) is 11.3. The Bertz CT molecular complexity index is 1060. The zero-order valence-corrected chi connectivity index (χ0v) is 19.2. The standard InChI is InChI=1S/C24H26N2O5S/c1-4-30-21-10-9-19(13-22(21)29-3)23-26-20(15-32-23)14-31-24(28)18-7-5-17(6-8-18)11-12-25-16(2)27/h5-10,13,15H,4,11-12,14H2,1-3H3,(H,25,27). The van der Waals surface area contributed by atoms with Gasteiger partial charge in [-0.1, -0.05) is 12.1 Å². The quantitative estimate of drug-likeness (QED) is 0.461. The molecule has 1 N–H and O–H groups in total. The maximum atomic E-state index is 12.4.